The summed E-state index contributed by atoms with van der Waals surface area (Å²) in [5.74, 6) is 0.526. The molecule has 0 unspecified atom stereocenters. The SMILES string of the molecule is COCO[C@H](CCCl)CO[Si](c1ccccc1)(c1ccccc1)C(C)(C)C. The van der Waals surface area contributed by atoms with Crippen LogP contribution in [0.5, 0.6) is 0 Å². The van der Waals surface area contributed by atoms with Crippen LogP contribution in [0.1, 0.15) is 27.2 Å². The first kappa shape index (κ1) is 22.1. The van der Waals surface area contributed by atoms with Crippen molar-refractivity contribution in [1.29, 1.82) is 0 Å². The topological polar surface area (TPSA) is 27.7 Å². The van der Waals surface area contributed by atoms with E-state index in [4.69, 9.17) is 25.5 Å². The average Bonchev–Trinajstić information content (AvgIpc) is 2.67. The van der Waals surface area contributed by atoms with Crippen molar-refractivity contribution < 1.29 is 13.9 Å². The number of rotatable bonds is 10. The lowest BCUT2D eigenvalue weighted by atomic mass is 10.2. The molecule has 2 aromatic carbocycles. The van der Waals surface area contributed by atoms with E-state index < -0.39 is 8.32 Å². The van der Waals surface area contributed by atoms with Crippen molar-refractivity contribution in [2.45, 2.75) is 38.3 Å². The van der Waals surface area contributed by atoms with Gasteiger partial charge in [0.25, 0.3) is 8.32 Å². The number of ether oxygens (including phenoxy) is 2. The fourth-order valence-electron chi connectivity index (χ4n) is 3.48. The van der Waals surface area contributed by atoms with Gasteiger partial charge in [-0.05, 0) is 21.8 Å². The highest BCUT2D eigenvalue weighted by molar-refractivity contribution is 6.99. The smallest absolute Gasteiger partial charge is 0.261 e. The predicted molar refractivity (Wildman–Crippen MR) is 116 cm³/mol. The molecule has 0 aliphatic carbocycles. The molecule has 0 radical (unpaired) electrons. The Labute approximate surface area is 169 Å². The molecule has 148 valence electrons. The Morgan fingerprint density at radius 1 is 0.926 bits per heavy atom. The van der Waals surface area contributed by atoms with Gasteiger partial charge in [0.1, 0.15) is 6.79 Å². The molecule has 0 saturated heterocycles. The molecule has 0 aliphatic rings. The minimum atomic E-state index is -2.54. The van der Waals surface area contributed by atoms with Gasteiger partial charge in [0.15, 0.2) is 0 Å². The normalized spacial score (nSPS) is 13.5. The third-order valence-corrected chi connectivity index (χ3v) is 9.98. The molecule has 0 fully saturated rings. The molecule has 1 atom stereocenters. The first-order valence-corrected chi connectivity index (χ1v) is 11.8. The van der Waals surface area contributed by atoms with Crippen LogP contribution in [0.25, 0.3) is 0 Å². The van der Waals surface area contributed by atoms with Crippen molar-refractivity contribution in [2.24, 2.45) is 0 Å². The average molecular weight is 407 g/mol. The highest BCUT2D eigenvalue weighted by Gasteiger charge is 2.50. The largest absolute Gasteiger partial charge is 0.405 e. The van der Waals surface area contributed by atoms with Gasteiger partial charge in [0.05, 0.1) is 12.7 Å². The maximum Gasteiger partial charge on any atom is 0.261 e. The summed E-state index contributed by atoms with van der Waals surface area (Å²) >= 11 is 5.98. The lowest BCUT2D eigenvalue weighted by molar-refractivity contribution is -0.0852. The van der Waals surface area contributed by atoms with Crippen LogP contribution in [-0.2, 0) is 13.9 Å². The van der Waals surface area contributed by atoms with Crippen molar-refractivity contribution >= 4 is 30.3 Å². The summed E-state index contributed by atoms with van der Waals surface area (Å²) < 4.78 is 17.8. The van der Waals surface area contributed by atoms with E-state index in [1.165, 1.54) is 10.4 Å². The summed E-state index contributed by atoms with van der Waals surface area (Å²) in [7, 11) is -0.918. The monoisotopic (exact) mass is 406 g/mol. The van der Waals surface area contributed by atoms with Crippen molar-refractivity contribution in [1.82, 2.24) is 0 Å². The zero-order chi connectivity index (χ0) is 19.8. The standard InChI is InChI=1S/C22H31ClO3Si/c1-22(2,3)27(20-11-7-5-8-12-20,21-13-9-6-10-14-21)26-17-19(15-16-23)25-18-24-4/h5-14,19H,15-18H2,1-4H3/t19-/m1/s1. The number of benzene rings is 2. The summed E-state index contributed by atoms with van der Waals surface area (Å²) in [5, 5.41) is 2.47. The van der Waals surface area contributed by atoms with Gasteiger partial charge in [-0.25, -0.2) is 0 Å². The molecule has 0 N–H and O–H groups in total. The van der Waals surface area contributed by atoms with E-state index in [0.29, 0.717) is 12.5 Å². The van der Waals surface area contributed by atoms with Gasteiger partial charge in [-0.3, -0.25) is 0 Å². The van der Waals surface area contributed by atoms with Crippen LogP contribution < -0.4 is 10.4 Å². The Morgan fingerprint density at radius 2 is 1.44 bits per heavy atom. The van der Waals surface area contributed by atoms with Crippen molar-refractivity contribution in [3.8, 4) is 0 Å². The molecule has 3 nitrogen and oxygen atoms in total. The lowest BCUT2D eigenvalue weighted by Gasteiger charge is -2.43. The fourth-order valence-corrected chi connectivity index (χ4v) is 8.32. The molecule has 2 aromatic rings. The number of methoxy groups -OCH3 is 1. The molecule has 27 heavy (non-hydrogen) atoms. The zero-order valence-electron chi connectivity index (χ0n) is 16.8. The highest BCUT2D eigenvalue weighted by Crippen LogP contribution is 2.36. The molecule has 2 rings (SSSR count). The molecule has 0 aromatic heterocycles. The number of halogens is 1. The van der Waals surface area contributed by atoms with E-state index in [2.05, 4.69) is 69.3 Å². The zero-order valence-corrected chi connectivity index (χ0v) is 18.5. The number of hydrogen-bond acceptors (Lipinski definition) is 3. The van der Waals surface area contributed by atoms with E-state index in [9.17, 15) is 0 Å². The Balaban J connectivity index is 2.45. The summed E-state index contributed by atoms with van der Waals surface area (Å²) in [6, 6.07) is 21.2. The Morgan fingerprint density at radius 3 is 1.85 bits per heavy atom. The maximum absolute atomic E-state index is 6.88. The Kier molecular flexibility index (Phi) is 8.51. The van der Waals surface area contributed by atoms with Gasteiger partial charge in [-0.2, -0.15) is 0 Å². The predicted octanol–water partition coefficient (Wildman–Crippen LogP) is 4.18. The molecule has 5 heteroatoms. The first-order valence-electron chi connectivity index (χ1n) is 9.37. The van der Waals surface area contributed by atoms with Crippen molar-refractivity contribution in [2.75, 3.05) is 26.4 Å². The summed E-state index contributed by atoms with van der Waals surface area (Å²) in [6.07, 6.45) is 0.632. The van der Waals surface area contributed by atoms with Gasteiger partial charge >= 0.3 is 0 Å². The van der Waals surface area contributed by atoms with Gasteiger partial charge in [0.2, 0.25) is 0 Å². The second-order valence-electron chi connectivity index (χ2n) is 7.65. The van der Waals surface area contributed by atoms with Crippen LogP contribution >= 0.6 is 11.6 Å². The number of hydrogen-bond donors (Lipinski definition) is 0. The minimum absolute atomic E-state index is 0.0531. The van der Waals surface area contributed by atoms with E-state index in [-0.39, 0.29) is 17.9 Å². The molecule has 0 spiro atoms. The van der Waals surface area contributed by atoms with E-state index >= 15 is 0 Å². The summed E-state index contributed by atoms with van der Waals surface area (Å²) in [6.45, 7) is 7.54. The molecule has 0 aliphatic heterocycles. The second-order valence-corrected chi connectivity index (χ2v) is 12.3. The quantitative estimate of drug-likeness (QED) is 0.336. The van der Waals surface area contributed by atoms with Crippen LogP contribution in [0.2, 0.25) is 5.04 Å². The van der Waals surface area contributed by atoms with E-state index in [0.717, 1.165) is 6.42 Å². The molecular formula is C22H31ClO3Si. The summed E-state index contributed by atoms with van der Waals surface area (Å²) in [4.78, 5) is 0. The van der Waals surface area contributed by atoms with Crippen molar-refractivity contribution in [3.63, 3.8) is 0 Å². The Bertz CT molecular complexity index is 619. The minimum Gasteiger partial charge on any atom is -0.405 e. The van der Waals surface area contributed by atoms with E-state index in [1.54, 1.807) is 7.11 Å². The highest BCUT2D eigenvalue weighted by atomic mass is 35.5. The Hall–Kier alpha value is -1.17. The third-order valence-electron chi connectivity index (χ3n) is 4.76. The van der Waals surface area contributed by atoms with Gasteiger partial charge < -0.3 is 13.9 Å². The second kappa shape index (κ2) is 10.4. The molecule has 0 heterocycles. The summed E-state index contributed by atoms with van der Waals surface area (Å²) in [5.41, 5.74) is 0. The molecule has 0 saturated carbocycles. The van der Waals surface area contributed by atoms with Crippen LogP contribution in [0, 0.1) is 0 Å². The van der Waals surface area contributed by atoms with Crippen LogP contribution in [-0.4, -0.2) is 40.8 Å². The maximum atomic E-state index is 6.88. The molecular weight excluding hydrogens is 376 g/mol. The third kappa shape index (κ3) is 5.43. The molecule has 0 amide bonds. The van der Waals surface area contributed by atoms with Gasteiger partial charge in [0, 0.05) is 13.0 Å². The van der Waals surface area contributed by atoms with Crippen LogP contribution in [0.15, 0.2) is 60.7 Å². The lowest BCUT2D eigenvalue weighted by Crippen LogP contribution is -2.67. The van der Waals surface area contributed by atoms with Gasteiger partial charge in [-0.15, -0.1) is 11.6 Å². The van der Waals surface area contributed by atoms with Gasteiger partial charge in [-0.1, -0.05) is 81.4 Å². The van der Waals surface area contributed by atoms with Crippen LogP contribution in [0.4, 0.5) is 0 Å². The molecule has 0 bridgehead atoms. The fraction of sp³-hybridized carbons (Fsp3) is 0.455. The van der Waals surface area contributed by atoms with E-state index in [1.807, 2.05) is 12.1 Å². The van der Waals surface area contributed by atoms with Crippen LogP contribution in [0.3, 0.4) is 0 Å². The first-order chi connectivity index (χ1) is 13.0. The van der Waals surface area contributed by atoms with Crippen molar-refractivity contribution in [3.05, 3.63) is 60.7 Å². The number of alkyl halides is 1.